The van der Waals surface area contributed by atoms with Crippen molar-refractivity contribution in [2.75, 3.05) is 26.3 Å². The van der Waals surface area contributed by atoms with E-state index in [2.05, 4.69) is 4.90 Å². The molecule has 2 saturated heterocycles. The van der Waals surface area contributed by atoms with Crippen molar-refractivity contribution < 1.29 is 14.3 Å². The highest BCUT2D eigenvalue weighted by Gasteiger charge is 2.36. The Kier molecular flexibility index (Phi) is 7.41. The van der Waals surface area contributed by atoms with Gasteiger partial charge in [0.2, 0.25) is 0 Å². The number of likely N-dealkylation sites (tertiary alicyclic amines) is 1. The molecule has 8 heteroatoms. The third-order valence-corrected chi connectivity index (χ3v) is 5.59. The van der Waals surface area contributed by atoms with Gasteiger partial charge in [0.05, 0.1) is 25.3 Å². The van der Waals surface area contributed by atoms with Crippen LogP contribution < -0.4 is 0 Å². The van der Waals surface area contributed by atoms with Gasteiger partial charge in [-0.25, -0.2) is 4.79 Å². The topological polar surface area (TPSA) is 89.7 Å². The fraction of sp³-hybridized carbons (Fsp3) is 0.476. The molecule has 1 aromatic carbocycles. The number of ether oxygens (including phenoxy) is 2. The van der Waals surface area contributed by atoms with Gasteiger partial charge in [0.25, 0.3) is 0 Å². The quantitative estimate of drug-likeness (QED) is 0.545. The SMILES string of the molecule is C/C(=C/C(=N)N(C(=O)OCc1ccccc1)[C@@H]1CCCN(C2COC2)C1)C(=N)Cl. The van der Waals surface area contributed by atoms with Crippen molar-refractivity contribution in [1.29, 1.82) is 10.8 Å². The lowest BCUT2D eigenvalue weighted by molar-refractivity contribution is -0.0764. The average molecular weight is 419 g/mol. The number of carbonyl (C=O) groups is 1. The van der Waals surface area contributed by atoms with Crippen molar-refractivity contribution >= 4 is 28.7 Å². The molecule has 2 aliphatic rings. The molecule has 2 aliphatic heterocycles. The molecule has 0 aromatic heterocycles. The van der Waals surface area contributed by atoms with Gasteiger partial charge in [-0.05, 0) is 43.5 Å². The summed E-state index contributed by atoms with van der Waals surface area (Å²) in [5.41, 5.74) is 1.32. The second-order valence-corrected chi connectivity index (χ2v) is 7.80. The smallest absolute Gasteiger partial charge is 0.416 e. The van der Waals surface area contributed by atoms with Gasteiger partial charge < -0.3 is 9.47 Å². The van der Waals surface area contributed by atoms with Crippen molar-refractivity contribution in [3.8, 4) is 0 Å². The first-order valence-electron chi connectivity index (χ1n) is 9.78. The van der Waals surface area contributed by atoms with Crippen LogP contribution in [0.2, 0.25) is 0 Å². The van der Waals surface area contributed by atoms with Crippen LogP contribution in [0.1, 0.15) is 25.3 Å². The van der Waals surface area contributed by atoms with Gasteiger partial charge in [-0.3, -0.25) is 20.6 Å². The van der Waals surface area contributed by atoms with Crippen LogP contribution in [0, 0.1) is 10.8 Å². The maximum absolute atomic E-state index is 13.0. The largest absolute Gasteiger partial charge is 0.444 e. The normalized spacial score (nSPS) is 20.6. The summed E-state index contributed by atoms with van der Waals surface area (Å²) in [6, 6.07) is 9.67. The molecule has 0 bridgehead atoms. The van der Waals surface area contributed by atoms with Crippen molar-refractivity contribution in [2.24, 2.45) is 0 Å². The highest BCUT2D eigenvalue weighted by Crippen LogP contribution is 2.23. The Morgan fingerprint density at radius 3 is 2.69 bits per heavy atom. The van der Waals surface area contributed by atoms with Crippen LogP contribution in [0.25, 0.3) is 0 Å². The number of allylic oxidation sites excluding steroid dienone is 1. The van der Waals surface area contributed by atoms with Gasteiger partial charge >= 0.3 is 6.09 Å². The predicted molar refractivity (Wildman–Crippen MR) is 113 cm³/mol. The molecular formula is C21H27ClN4O3. The maximum Gasteiger partial charge on any atom is 0.416 e. The minimum Gasteiger partial charge on any atom is -0.444 e. The summed E-state index contributed by atoms with van der Waals surface area (Å²) in [5.74, 6) is -0.0114. The molecule has 0 radical (unpaired) electrons. The van der Waals surface area contributed by atoms with E-state index in [1.165, 1.54) is 11.0 Å². The number of halogens is 1. The molecule has 0 aliphatic carbocycles. The monoisotopic (exact) mass is 418 g/mol. The molecule has 2 N–H and O–H groups in total. The van der Waals surface area contributed by atoms with E-state index in [0.29, 0.717) is 31.4 Å². The summed E-state index contributed by atoms with van der Waals surface area (Å²) in [6.07, 6.45) is 2.62. The van der Waals surface area contributed by atoms with E-state index >= 15 is 0 Å². The third-order valence-electron chi connectivity index (χ3n) is 5.29. The van der Waals surface area contributed by atoms with E-state index in [4.69, 9.17) is 31.9 Å². The van der Waals surface area contributed by atoms with Crippen molar-refractivity contribution in [1.82, 2.24) is 9.80 Å². The zero-order valence-corrected chi connectivity index (χ0v) is 17.3. The van der Waals surface area contributed by atoms with Gasteiger partial charge in [-0.2, -0.15) is 0 Å². The lowest BCUT2D eigenvalue weighted by atomic mass is 10.0. The fourth-order valence-corrected chi connectivity index (χ4v) is 3.59. The summed E-state index contributed by atoms with van der Waals surface area (Å²) in [6.45, 7) is 4.85. The standard InChI is InChI=1S/C21H27ClN4O3/c1-15(20(22)24)10-19(23)26(21(27)29-12-16-6-3-2-4-7-16)17-8-5-9-25(11-17)18-13-28-14-18/h2-4,6-7,10,17-18,23-24H,5,8-9,11-14H2,1H3/b15-10-,23-19?,24-20?/t17-/m1/s1. The summed E-state index contributed by atoms with van der Waals surface area (Å²) in [4.78, 5) is 16.7. The minimum absolute atomic E-state index is 0.0114. The minimum atomic E-state index is -0.555. The molecule has 0 saturated carbocycles. The Bertz CT molecular complexity index is 779. The first-order chi connectivity index (χ1) is 14.0. The van der Waals surface area contributed by atoms with Gasteiger partial charge in [0.15, 0.2) is 0 Å². The number of hydrogen-bond acceptors (Lipinski definition) is 6. The average Bonchev–Trinajstić information content (AvgIpc) is 2.66. The summed E-state index contributed by atoms with van der Waals surface area (Å²) in [5, 5.41) is 15.9. The van der Waals surface area contributed by atoms with Crippen LogP contribution in [-0.4, -0.2) is 65.3 Å². The number of nitrogens with zero attached hydrogens (tertiary/aromatic N) is 2. The van der Waals surface area contributed by atoms with Gasteiger partial charge in [0, 0.05) is 6.54 Å². The van der Waals surface area contributed by atoms with Crippen LogP contribution >= 0.6 is 11.6 Å². The Balaban J connectivity index is 1.74. The zero-order chi connectivity index (χ0) is 20.8. The number of hydrogen-bond donors (Lipinski definition) is 2. The number of amides is 1. The molecule has 1 atom stereocenters. The first-order valence-corrected chi connectivity index (χ1v) is 10.2. The molecule has 1 amide bonds. The van der Waals surface area contributed by atoms with E-state index < -0.39 is 6.09 Å². The Labute approximate surface area is 176 Å². The van der Waals surface area contributed by atoms with Crippen LogP contribution in [0.3, 0.4) is 0 Å². The number of carbonyl (C=O) groups excluding carboxylic acids is 1. The molecule has 3 rings (SSSR count). The molecular weight excluding hydrogens is 392 g/mol. The first kappa shape index (κ1) is 21.5. The number of rotatable bonds is 6. The van der Waals surface area contributed by atoms with Gasteiger partial charge in [-0.1, -0.05) is 41.9 Å². The van der Waals surface area contributed by atoms with Crippen molar-refractivity contribution in [3.63, 3.8) is 0 Å². The molecule has 156 valence electrons. The second kappa shape index (κ2) is 10.0. The van der Waals surface area contributed by atoms with Gasteiger partial charge in [-0.15, -0.1) is 0 Å². The van der Waals surface area contributed by atoms with E-state index in [0.717, 1.165) is 24.9 Å². The Morgan fingerprint density at radius 1 is 1.34 bits per heavy atom. The molecule has 0 unspecified atom stereocenters. The fourth-order valence-electron chi connectivity index (χ4n) is 3.53. The summed E-state index contributed by atoms with van der Waals surface area (Å²) < 4.78 is 10.8. The Morgan fingerprint density at radius 2 is 2.07 bits per heavy atom. The molecule has 2 heterocycles. The molecule has 0 spiro atoms. The van der Waals surface area contributed by atoms with Crippen molar-refractivity contribution in [2.45, 2.75) is 38.5 Å². The lowest BCUT2D eigenvalue weighted by Gasteiger charge is -2.44. The highest BCUT2D eigenvalue weighted by molar-refractivity contribution is 6.68. The van der Waals surface area contributed by atoms with Crippen LogP contribution in [0.15, 0.2) is 42.0 Å². The van der Waals surface area contributed by atoms with E-state index in [9.17, 15) is 4.79 Å². The number of piperidine rings is 1. The van der Waals surface area contributed by atoms with Crippen LogP contribution in [0.5, 0.6) is 0 Å². The predicted octanol–water partition coefficient (Wildman–Crippen LogP) is 3.63. The molecule has 2 fully saturated rings. The second-order valence-electron chi connectivity index (χ2n) is 7.42. The zero-order valence-electron chi connectivity index (χ0n) is 16.6. The van der Waals surface area contributed by atoms with E-state index in [-0.39, 0.29) is 23.7 Å². The molecule has 1 aromatic rings. The van der Waals surface area contributed by atoms with Crippen LogP contribution in [-0.2, 0) is 16.1 Å². The highest BCUT2D eigenvalue weighted by atomic mass is 35.5. The number of nitrogens with one attached hydrogen (secondary N) is 2. The maximum atomic E-state index is 13.0. The lowest BCUT2D eigenvalue weighted by Crippen LogP contribution is -2.58. The van der Waals surface area contributed by atoms with Crippen molar-refractivity contribution in [3.05, 3.63) is 47.5 Å². The van der Waals surface area contributed by atoms with E-state index in [1.54, 1.807) is 6.92 Å². The number of amidine groups is 1. The summed E-state index contributed by atoms with van der Waals surface area (Å²) >= 11 is 5.74. The number of benzene rings is 1. The molecule has 7 nitrogen and oxygen atoms in total. The van der Waals surface area contributed by atoms with Crippen LogP contribution in [0.4, 0.5) is 4.79 Å². The third kappa shape index (κ3) is 5.65. The summed E-state index contributed by atoms with van der Waals surface area (Å²) in [7, 11) is 0. The molecule has 29 heavy (non-hydrogen) atoms. The van der Waals surface area contributed by atoms with E-state index in [1.807, 2.05) is 30.3 Å². The Hall–Kier alpha value is -2.22. The van der Waals surface area contributed by atoms with Gasteiger partial charge in [0.1, 0.15) is 17.6 Å².